The van der Waals surface area contributed by atoms with Crippen LogP contribution in [0.5, 0.6) is 0 Å². The molecule has 84 valence electrons. The number of anilines is 2. The lowest BCUT2D eigenvalue weighted by atomic mass is 10.3. The van der Waals surface area contributed by atoms with Crippen molar-refractivity contribution in [1.29, 1.82) is 0 Å². The van der Waals surface area contributed by atoms with E-state index in [-0.39, 0.29) is 6.04 Å². The molecule has 0 saturated heterocycles. The van der Waals surface area contributed by atoms with E-state index in [4.69, 9.17) is 17.3 Å². The number of nitrogens with two attached hydrogens (primary N) is 1. The summed E-state index contributed by atoms with van der Waals surface area (Å²) in [7, 11) is 0. The van der Waals surface area contributed by atoms with Crippen LogP contribution >= 0.6 is 11.6 Å². The summed E-state index contributed by atoms with van der Waals surface area (Å²) in [4.78, 5) is 11.3. The number of nitrogens with zero attached hydrogens (tertiary/aromatic N) is 2. The van der Waals surface area contributed by atoms with Gasteiger partial charge in [0.2, 0.25) is 0 Å². The molecule has 0 spiro atoms. The van der Waals surface area contributed by atoms with Crippen molar-refractivity contribution in [3.05, 3.63) is 35.5 Å². The van der Waals surface area contributed by atoms with Crippen molar-refractivity contribution in [1.82, 2.24) is 15.0 Å². The van der Waals surface area contributed by atoms with Crippen LogP contribution in [0.25, 0.3) is 0 Å². The molecule has 16 heavy (non-hydrogen) atoms. The maximum Gasteiger partial charge on any atom is 0.145 e. The highest BCUT2D eigenvalue weighted by atomic mass is 35.5. The van der Waals surface area contributed by atoms with Crippen molar-refractivity contribution in [2.75, 3.05) is 11.1 Å². The summed E-state index contributed by atoms with van der Waals surface area (Å²) in [5.41, 5.74) is 6.10. The van der Waals surface area contributed by atoms with Crippen LogP contribution in [0.15, 0.2) is 24.7 Å². The summed E-state index contributed by atoms with van der Waals surface area (Å²) in [6, 6.07) is 1.66. The van der Waals surface area contributed by atoms with Crippen LogP contribution < -0.4 is 11.1 Å². The van der Waals surface area contributed by atoms with Crippen LogP contribution in [0.3, 0.4) is 0 Å². The summed E-state index contributed by atoms with van der Waals surface area (Å²) in [5.74, 6) is 1.43. The highest BCUT2D eigenvalue weighted by molar-refractivity contribution is 6.33. The molecule has 5 nitrogen and oxygen atoms in total. The third-order valence-electron chi connectivity index (χ3n) is 2.15. The van der Waals surface area contributed by atoms with Crippen molar-refractivity contribution >= 4 is 23.1 Å². The van der Waals surface area contributed by atoms with Gasteiger partial charge in [-0.05, 0) is 13.0 Å². The van der Waals surface area contributed by atoms with Gasteiger partial charge < -0.3 is 16.0 Å². The smallest absolute Gasteiger partial charge is 0.145 e. The second-order valence-electron chi connectivity index (χ2n) is 3.44. The fourth-order valence-corrected chi connectivity index (χ4v) is 1.58. The molecule has 0 amide bonds. The van der Waals surface area contributed by atoms with E-state index < -0.39 is 0 Å². The zero-order chi connectivity index (χ0) is 11.5. The highest BCUT2D eigenvalue weighted by Gasteiger charge is 2.10. The number of halogens is 1. The lowest BCUT2D eigenvalue weighted by molar-refractivity contribution is 0.804. The molecule has 0 bridgehead atoms. The van der Waals surface area contributed by atoms with E-state index in [0.717, 1.165) is 5.82 Å². The minimum Gasteiger partial charge on any atom is -0.397 e. The third kappa shape index (κ3) is 2.25. The van der Waals surface area contributed by atoms with Crippen molar-refractivity contribution in [3.8, 4) is 0 Å². The van der Waals surface area contributed by atoms with Gasteiger partial charge in [0.25, 0.3) is 0 Å². The molecule has 0 aliphatic carbocycles. The monoisotopic (exact) mass is 237 g/mol. The molecule has 0 aromatic carbocycles. The van der Waals surface area contributed by atoms with Gasteiger partial charge >= 0.3 is 0 Å². The molecule has 2 heterocycles. The van der Waals surface area contributed by atoms with Crippen molar-refractivity contribution in [3.63, 3.8) is 0 Å². The van der Waals surface area contributed by atoms with Gasteiger partial charge in [-0.25, -0.2) is 9.97 Å². The first-order valence-electron chi connectivity index (χ1n) is 4.83. The SMILES string of the molecule is CC(Nc1ncc(N)cc1Cl)c1ncc[nH]1. The number of hydrogen-bond donors (Lipinski definition) is 3. The number of nitrogen functional groups attached to an aromatic ring is 1. The molecule has 6 heteroatoms. The Balaban J connectivity index is 2.15. The van der Waals surface area contributed by atoms with E-state index in [1.54, 1.807) is 24.7 Å². The van der Waals surface area contributed by atoms with E-state index >= 15 is 0 Å². The van der Waals surface area contributed by atoms with Crippen LogP contribution in [0, 0.1) is 0 Å². The Morgan fingerprint density at radius 3 is 2.94 bits per heavy atom. The number of hydrogen-bond acceptors (Lipinski definition) is 4. The second kappa shape index (κ2) is 4.40. The summed E-state index contributed by atoms with van der Waals surface area (Å²) in [6.07, 6.45) is 5.03. The van der Waals surface area contributed by atoms with Crippen molar-refractivity contribution in [2.24, 2.45) is 0 Å². The van der Waals surface area contributed by atoms with Gasteiger partial charge in [-0.15, -0.1) is 0 Å². The number of nitrogens with one attached hydrogen (secondary N) is 2. The Morgan fingerprint density at radius 1 is 1.50 bits per heavy atom. The Labute approximate surface area is 98.1 Å². The van der Waals surface area contributed by atoms with Gasteiger partial charge in [-0.2, -0.15) is 0 Å². The predicted octanol–water partition coefficient (Wildman–Crippen LogP) is 2.21. The fourth-order valence-electron chi connectivity index (χ4n) is 1.35. The molecule has 0 aliphatic rings. The number of pyridine rings is 1. The number of rotatable bonds is 3. The lowest BCUT2D eigenvalue weighted by Gasteiger charge is -2.13. The maximum absolute atomic E-state index is 6.00. The summed E-state index contributed by atoms with van der Waals surface area (Å²) in [5, 5.41) is 3.65. The van der Waals surface area contributed by atoms with Crippen LogP contribution in [0.4, 0.5) is 11.5 Å². The zero-order valence-electron chi connectivity index (χ0n) is 8.74. The topological polar surface area (TPSA) is 79.6 Å². The Bertz CT molecular complexity index is 468. The quantitative estimate of drug-likeness (QED) is 0.765. The van der Waals surface area contributed by atoms with Gasteiger partial charge in [0.05, 0.1) is 22.9 Å². The van der Waals surface area contributed by atoms with E-state index in [1.165, 1.54) is 0 Å². The standard InChI is InChI=1S/C10H12ClN5/c1-6(9-13-2-3-14-9)16-10-8(11)4-7(12)5-15-10/h2-6H,12H2,1H3,(H,13,14)(H,15,16). The number of aromatic nitrogens is 3. The van der Waals surface area contributed by atoms with Crippen LogP contribution in [0.1, 0.15) is 18.8 Å². The molecular weight excluding hydrogens is 226 g/mol. The van der Waals surface area contributed by atoms with E-state index in [9.17, 15) is 0 Å². The minimum atomic E-state index is 0.00336. The molecular formula is C10H12ClN5. The lowest BCUT2D eigenvalue weighted by Crippen LogP contribution is -2.10. The molecule has 2 aromatic rings. The van der Waals surface area contributed by atoms with Crippen LogP contribution in [-0.4, -0.2) is 15.0 Å². The summed E-state index contributed by atoms with van der Waals surface area (Å²) < 4.78 is 0. The van der Waals surface area contributed by atoms with Gasteiger partial charge in [0.15, 0.2) is 0 Å². The van der Waals surface area contributed by atoms with Crippen molar-refractivity contribution < 1.29 is 0 Å². The second-order valence-corrected chi connectivity index (χ2v) is 3.85. The number of imidazole rings is 1. The number of H-pyrrole nitrogens is 1. The van der Waals surface area contributed by atoms with Crippen molar-refractivity contribution in [2.45, 2.75) is 13.0 Å². The van der Waals surface area contributed by atoms with Crippen LogP contribution in [-0.2, 0) is 0 Å². The third-order valence-corrected chi connectivity index (χ3v) is 2.43. The zero-order valence-corrected chi connectivity index (χ0v) is 9.49. The van der Waals surface area contributed by atoms with Gasteiger partial charge in [0.1, 0.15) is 11.6 Å². The average molecular weight is 238 g/mol. The molecule has 1 atom stereocenters. The molecule has 1 unspecified atom stereocenters. The molecule has 0 radical (unpaired) electrons. The molecule has 0 fully saturated rings. The largest absolute Gasteiger partial charge is 0.397 e. The Hall–Kier alpha value is -1.75. The average Bonchev–Trinajstić information content (AvgIpc) is 2.75. The van der Waals surface area contributed by atoms with Gasteiger partial charge in [0, 0.05) is 12.4 Å². The van der Waals surface area contributed by atoms with Gasteiger partial charge in [-0.3, -0.25) is 0 Å². The first-order chi connectivity index (χ1) is 7.66. The molecule has 2 aromatic heterocycles. The first kappa shape index (κ1) is 10.8. The number of aromatic amines is 1. The molecule has 2 rings (SSSR count). The van der Waals surface area contributed by atoms with E-state index in [2.05, 4.69) is 20.3 Å². The molecule has 0 saturated carbocycles. The predicted molar refractivity (Wildman–Crippen MR) is 64.3 cm³/mol. The minimum absolute atomic E-state index is 0.00336. The highest BCUT2D eigenvalue weighted by Crippen LogP contribution is 2.24. The summed E-state index contributed by atoms with van der Waals surface area (Å²) in [6.45, 7) is 1.97. The van der Waals surface area contributed by atoms with Crippen LogP contribution in [0.2, 0.25) is 5.02 Å². The summed E-state index contributed by atoms with van der Waals surface area (Å²) >= 11 is 6.00. The maximum atomic E-state index is 6.00. The first-order valence-corrected chi connectivity index (χ1v) is 5.21. The van der Waals surface area contributed by atoms with E-state index in [1.807, 2.05) is 6.92 Å². The molecule has 0 aliphatic heterocycles. The Morgan fingerprint density at radius 2 is 2.31 bits per heavy atom. The Kier molecular flexibility index (Phi) is 2.96. The normalized spacial score (nSPS) is 12.4. The fraction of sp³-hybridized carbons (Fsp3) is 0.200. The molecule has 4 N–H and O–H groups in total. The van der Waals surface area contributed by atoms with E-state index in [0.29, 0.717) is 16.5 Å². The van der Waals surface area contributed by atoms with Gasteiger partial charge in [-0.1, -0.05) is 11.6 Å².